The lowest BCUT2D eigenvalue weighted by Gasteiger charge is -2.44. The maximum absolute atomic E-state index is 10.1. The average Bonchev–Trinajstić information content (AvgIpc) is 2.99. The Morgan fingerprint density at radius 1 is 1.17 bits per heavy atom. The molecule has 0 aromatic rings. The fraction of sp³-hybridized carbons (Fsp3) is 0.786. The lowest BCUT2D eigenvalue weighted by molar-refractivity contribution is 0.0920. The Kier molecular flexibility index (Phi) is 7.19. The Morgan fingerprint density at radius 3 is 2.62 bits per heavy atom. The zero-order valence-electron chi connectivity index (χ0n) is 19.9. The Balaban J connectivity index is 1.65. The molecule has 5 unspecified atom stereocenters. The molecule has 3 aliphatic rings. The number of rotatable bonds is 5. The van der Waals surface area contributed by atoms with Crippen LogP contribution in [-0.2, 0) is 0 Å². The molecule has 0 heterocycles. The molecule has 0 saturated heterocycles. The topological polar surface area (TPSA) is 20.2 Å². The van der Waals surface area contributed by atoms with E-state index >= 15 is 0 Å². The van der Waals surface area contributed by atoms with E-state index in [1.54, 1.807) is 5.57 Å². The summed E-state index contributed by atoms with van der Waals surface area (Å²) in [6, 6.07) is 0. The van der Waals surface area contributed by atoms with Crippen molar-refractivity contribution in [2.45, 2.75) is 111 Å². The minimum atomic E-state index is -0.324. The van der Waals surface area contributed by atoms with Gasteiger partial charge in [0.05, 0.1) is 6.10 Å². The average molecular weight is 399 g/mol. The third-order valence-corrected chi connectivity index (χ3v) is 8.54. The molecule has 0 aromatic heterocycles. The van der Waals surface area contributed by atoms with E-state index in [2.05, 4.69) is 53.3 Å². The summed E-state index contributed by atoms with van der Waals surface area (Å²) < 4.78 is 0. The molecule has 1 heteroatoms. The molecule has 3 aliphatic carbocycles. The maximum Gasteiger partial charge on any atom is 0.0784 e. The van der Waals surface area contributed by atoms with Crippen molar-refractivity contribution in [3.05, 3.63) is 35.5 Å². The highest BCUT2D eigenvalue weighted by atomic mass is 16.3. The summed E-state index contributed by atoms with van der Waals surface area (Å²) in [6.45, 7) is 16.3. The Labute approximate surface area is 180 Å². The van der Waals surface area contributed by atoms with Gasteiger partial charge in [0.25, 0.3) is 0 Å². The molecule has 0 amide bonds. The van der Waals surface area contributed by atoms with Gasteiger partial charge in [-0.15, -0.1) is 0 Å². The molecular weight excluding hydrogens is 352 g/mol. The van der Waals surface area contributed by atoms with Crippen molar-refractivity contribution < 1.29 is 5.11 Å². The predicted octanol–water partition coefficient (Wildman–Crippen LogP) is 8.01. The van der Waals surface area contributed by atoms with Crippen LogP contribution in [0, 0.1) is 28.6 Å². The highest BCUT2D eigenvalue weighted by Gasteiger charge is 2.50. The first kappa shape index (κ1) is 22.9. The normalized spacial score (nSPS) is 37.2. The predicted molar refractivity (Wildman–Crippen MR) is 126 cm³/mol. The van der Waals surface area contributed by atoms with E-state index in [1.807, 2.05) is 0 Å². The molecule has 3 rings (SSSR count). The molecule has 3 saturated carbocycles. The molecule has 1 N–H and O–H groups in total. The van der Waals surface area contributed by atoms with Crippen LogP contribution >= 0.6 is 0 Å². The number of hydrogen-bond acceptors (Lipinski definition) is 1. The van der Waals surface area contributed by atoms with E-state index in [0.717, 1.165) is 42.6 Å². The van der Waals surface area contributed by atoms with E-state index in [0.29, 0.717) is 10.8 Å². The Hall–Kier alpha value is -0.820. The summed E-state index contributed by atoms with van der Waals surface area (Å²) in [7, 11) is 0. The zero-order valence-corrected chi connectivity index (χ0v) is 19.9. The van der Waals surface area contributed by atoms with Gasteiger partial charge in [-0.05, 0) is 91.9 Å². The monoisotopic (exact) mass is 398 g/mol. The van der Waals surface area contributed by atoms with Crippen LogP contribution in [0.2, 0.25) is 0 Å². The van der Waals surface area contributed by atoms with Gasteiger partial charge in [0.1, 0.15) is 0 Å². The number of hydrogen-bond donors (Lipinski definition) is 1. The standard InChI is InChI=1S/C28H46O/c1-20(9-7-17-27(3,4)5)24-15-16-25-23(10-8-18-28(24,25)6)14-13-22-12-11-21(2)26(29)19-22/h13-14,20,24-26,29H,2,7-12,15-19H2,1,3-6H3/b22-13-,23-14+. The van der Waals surface area contributed by atoms with Gasteiger partial charge in [-0.3, -0.25) is 0 Å². The SMILES string of the molecule is C=C1CC/C(=C/C=C2\CCCC3(C)C2CCC3C(C)CCCC(C)(C)C)CC1O. The van der Waals surface area contributed by atoms with Crippen LogP contribution in [0.25, 0.3) is 0 Å². The summed E-state index contributed by atoms with van der Waals surface area (Å²) >= 11 is 0. The molecule has 3 fully saturated rings. The van der Waals surface area contributed by atoms with Gasteiger partial charge in [0, 0.05) is 0 Å². The number of aliphatic hydroxyl groups excluding tert-OH is 1. The van der Waals surface area contributed by atoms with E-state index in [1.165, 1.54) is 56.9 Å². The molecule has 164 valence electrons. The first-order valence-electron chi connectivity index (χ1n) is 12.3. The van der Waals surface area contributed by atoms with E-state index < -0.39 is 0 Å². The number of aliphatic hydroxyl groups is 1. The van der Waals surface area contributed by atoms with E-state index in [9.17, 15) is 5.11 Å². The van der Waals surface area contributed by atoms with Crippen molar-refractivity contribution in [3.8, 4) is 0 Å². The van der Waals surface area contributed by atoms with Gasteiger partial charge < -0.3 is 5.11 Å². The minimum absolute atomic E-state index is 0.324. The summed E-state index contributed by atoms with van der Waals surface area (Å²) in [5.41, 5.74) is 5.10. The van der Waals surface area contributed by atoms with Gasteiger partial charge in [0.15, 0.2) is 0 Å². The van der Waals surface area contributed by atoms with Crippen LogP contribution in [-0.4, -0.2) is 11.2 Å². The molecule has 1 nitrogen and oxygen atoms in total. The molecule has 29 heavy (non-hydrogen) atoms. The second-order valence-electron chi connectivity index (χ2n) is 12.0. The fourth-order valence-corrected chi connectivity index (χ4v) is 6.73. The summed E-state index contributed by atoms with van der Waals surface area (Å²) in [6.07, 6.45) is 18.3. The summed E-state index contributed by atoms with van der Waals surface area (Å²) in [4.78, 5) is 0. The Morgan fingerprint density at radius 2 is 1.93 bits per heavy atom. The molecular formula is C28H46O. The first-order chi connectivity index (χ1) is 13.6. The first-order valence-corrected chi connectivity index (χ1v) is 12.3. The van der Waals surface area contributed by atoms with Crippen molar-refractivity contribution in [2.75, 3.05) is 0 Å². The second-order valence-corrected chi connectivity index (χ2v) is 12.0. The van der Waals surface area contributed by atoms with E-state index in [-0.39, 0.29) is 6.10 Å². The van der Waals surface area contributed by atoms with Crippen molar-refractivity contribution in [1.29, 1.82) is 0 Å². The van der Waals surface area contributed by atoms with Gasteiger partial charge >= 0.3 is 0 Å². The van der Waals surface area contributed by atoms with Crippen LogP contribution in [0.4, 0.5) is 0 Å². The van der Waals surface area contributed by atoms with Crippen LogP contribution < -0.4 is 0 Å². The molecule has 0 spiro atoms. The molecule has 0 radical (unpaired) electrons. The maximum atomic E-state index is 10.1. The zero-order chi connectivity index (χ0) is 21.2. The van der Waals surface area contributed by atoms with Crippen LogP contribution in [0.1, 0.15) is 105 Å². The van der Waals surface area contributed by atoms with E-state index in [4.69, 9.17) is 0 Å². The van der Waals surface area contributed by atoms with Crippen LogP contribution in [0.15, 0.2) is 35.5 Å². The molecule has 5 atom stereocenters. The minimum Gasteiger partial charge on any atom is -0.388 e. The summed E-state index contributed by atoms with van der Waals surface area (Å²) in [5, 5.41) is 10.1. The smallest absolute Gasteiger partial charge is 0.0784 e. The highest BCUT2D eigenvalue weighted by Crippen LogP contribution is 2.60. The van der Waals surface area contributed by atoms with Crippen LogP contribution in [0.3, 0.4) is 0 Å². The second kappa shape index (κ2) is 9.13. The summed E-state index contributed by atoms with van der Waals surface area (Å²) in [5.74, 6) is 2.53. The number of allylic oxidation sites excluding steroid dienone is 3. The number of fused-ring (bicyclic) bond motifs is 1. The third-order valence-electron chi connectivity index (χ3n) is 8.54. The largest absolute Gasteiger partial charge is 0.388 e. The Bertz CT molecular complexity index is 646. The van der Waals surface area contributed by atoms with Gasteiger partial charge in [-0.2, -0.15) is 0 Å². The van der Waals surface area contributed by atoms with Gasteiger partial charge in [-0.1, -0.05) is 77.3 Å². The van der Waals surface area contributed by atoms with Crippen LogP contribution in [0.5, 0.6) is 0 Å². The third kappa shape index (κ3) is 5.46. The molecule has 0 aliphatic heterocycles. The lowest BCUT2D eigenvalue weighted by atomic mass is 9.60. The molecule has 0 aromatic carbocycles. The lowest BCUT2D eigenvalue weighted by Crippen LogP contribution is -2.36. The fourth-order valence-electron chi connectivity index (χ4n) is 6.73. The van der Waals surface area contributed by atoms with Gasteiger partial charge in [-0.25, -0.2) is 0 Å². The highest BCUT2D eigenvalue weighted by molar-refractivity contribution is 5.28. The van der Waals surface area contributed by atoms with Crippen molar-refractivity contribution >= 4 is 0 Å². The molecule has 0 bridgehead atoms. The van der Waals surface area contributed by atoms with Crippen molar-refractivity contribution in [3.63, 3.8) is 0 Å². The quantitative estimate of drug-likeness (QED) is 0.465. The van der Waals surface area contributed by atoms with Crippen molar-refractivity contribution in [2.24, 2.45) is 28.6 Å². The van der Waals surface area contributed by atoms with Crippen molar-refractivity contribution in [1.82, 2.24) is 0 Å². The van der Waals surface area contributed by atoms with Gasteiger partial charge in [0.2, 0.25) is 0 Å².